The van der Waals surface area contributed by atoms with E-state index in [0.717, 1.165) is 17.7 Å². The van der Waals surface area contributed by atoms with Crippen molar-refractivity contribution in [2.75, 3.05) is 13.2 Å². The highest BCUT2D eigenvalue weighted by Crippen LogP contribution is 2.30. The molecule has 0 aliphatic carbocycles. The third-order valence-electron chi connectivity index (χ3n) is 4.80. The Morgan fingerprint density at radius 1 is 1.28 bits per heavy atom. The first-order valence-electron chi connectivity index (χ1n) is 8.78. The van der Waals surface area contributed by atoms with Crippen LogP contribution in [-0.2, 0) is 6.42 Å². The lowest BCUT2D eigenvalue weighted by molar-refractivity contribution is 0.123. The zero-order chi connectivity index (χ0) is 17.8. The summed E-state index contributed by atoms with van der Waals surface area (Å²) < 4.78 is 0. The van der Waals surface area contributed by atoms with E-state index >= 15 is 0 Å². The van der Waals surface area contributed by atoms with E-state index in [1.807, 2.05) is 36.4 Å². The van der Waals surface area contributed by atoms with Gasteiger partial charge >= 0.3 is 6.03 Å². The van der Waals surface area contributed by atoms with E-state index in [0.29, 0.717) is 6.54 Å². The summed E-state index contributed by atoms with van der Waals surface area (Å²) >= 11 is 0. The first-order valence-corrected chi connectivity index (χ1v) is 8.78. The molecule has 1 aliphatic heterocycles. The summed E-state index contributed by atoms with van der Waals surface area (Å²) in [5, 5.41) is 13.0. The highest BCUT2D eigenvalue weighted by atomic mass is 16.3. The highest BCUT2D eigenvalue weighted by Gasteiger charge is 2.32. The van der Waals surface area contributed by atoms with Crippen LogP contribution in [0.5, 0.6) is 0 Å². The summed E-state index contributed by atoms with van der Waals surface area (Å²) in [6.45, 7) is 4.64. The van der Waals surface area contributed by atoms with Crippen molar-refractivity contribution < 1.29 is 9.90 Å². The first-order chi connectivity index (χ1) is 12.1. The van der Waals surface area contributed by atoms with Crippen LogP contribution in [0.4, 0.5) is 4.79 Å². The average molecular weight is 339 g/mol. The fourth-order valence-corrected chi connectivity index (χ4v) is 3.45. The third kappa shape index (κ3) is 3.66. The molecule has 0 saturated carbocycles. The van der Waals surface area contributed by atoms with Crippen LogP contribution in [-0.4, -0.2) is 34.2 Å². The van der Waals surface area contributed by atoms with E-state index in [2.05, 4.69) is 30.2 Å². The molecule has 0 radical (unpaired) electrons. The number of fused-ring (bicyclic) bond motifs is 1. The van der Waals surface area contributed by atoms with Crippen LogP contribution < -0.4 is 5.32 Å². The molecule has 5 nitrogen and oxygen atoms in total. The minimum atomic E-state index is -0.304. The van der Waals surface area contributed by atoms with Crippen molar-refractivity contribution in [2.45, 2.75) is 32.4 Å². The molecule has 3 rings (SSSR count). The van der Waals surface area contributed by atoms with Gasteiger partial charge in [-0.3, -0.25) is 4.98 Å². The molecule has 0 spiro atoms. The van der Waals surface area contributed by atoms with Crippen molar-refractivity contribution in [1.29, 1.82) is 0 Å². The molecule has 2 N–H and O–H groups in total. The van der Waals surface area contributed by atoms with Crippen LogP contribution in [0.15, 0.2) is 48.7 Å². The Balaban J connectivity index is 1.80. The maximum atomic E-state index is 12.9. The van der Waals surface area contributed by atoms with Crippen molar-refractivity contribution in [3.63, 3.8) is 0 Å². The lowest BCUT2D eigenvalue weighted by Crippen LogP contribution is -2.48. The monoisotopic (exact) mass is 339 g/mol. The lowest BCUT2D eigenvalue weighted by Gasteiger charge is -2.37. The van der Waals surface area contributed by atoms with Crippen LogP contribution in [0, 0.1) is 5.92 Å². The van der Waals surface area contributed by atoms with E-state index < -0.39 is 0 Å². The Hall–Kier alpha value is -2.40. The normalized spacial score (nSPS) is 17.9. The van der Waals surface area contributed by atoms with Crippen LogP contribution in [0.25, 0.3) is 0 Å². The van der Waals surface area contributed by atoms with Gasteiger partial charge in [-0.05, 0) is 35.6 Å². The molecule has 2 unspecified atom stereocenters. The highest BCUT2D eigenvalue weighted by molar-refractivity contribution is 5.76. The van der Waals surface area contributed by atoms with Gasteiger partial charge in [-0.1, -0.05) is 44.2 Å². The van der Waals surface area contributed by atoms with Crippen molar-refractivity contribution in [3.05, 3.63) is 65.5 Å². The molecule has 132 valence electrons. The van der Waals surface area contributed by atoms with Crippen LogP contribution in [0.3, 0.4) is 0 Å². The molecule has 2 atom stereocenters. The fourth-order valence-electron chi connectivity index (χ4n) is 3.45. The quantitative estimate of drug-likeness (QED) is 0.900. The van der Waals surface area contributed by atoms with Crippen LogP contribution in [0.2, 0.25) is 0 Å². The second-order valence-electron chi connectivity index (χ2n) is 6.77. The molecule has 5 heteroatoms. The van der Waals surface area contributed by atoms with Gasteiger partial charge in [0.05, 0.1) is 24.4 Å². The Bertz CT molecular complexity index is 718. The van der Waals surface area contributed by atoms with Gasteiger partial charge in [0, 0.05) is 12.7 Å². The smallest absolute Gasteiger partial charge is 0.318 e. The zero-order valence-corrected chi connectivity index (χ0v) is 14.7. The molecular weight excluding hydrogens is 314 g/mol. The summed E-state index contributed by atoms with van der Waals surface area (Å²) in [5.74, 6) is 0.212. The number of urea groups is 1. The van der Waals surface area contributed by atoms with Gasteiger partial charge in [0.25, 0.3) is 0 Å². The number of hydrogen-bond acceptors (Lipinski definition) is 3. The van der Waals surface area contributed by atoms with Gasteiger partial charge in [-0.15, -0.1) is 0 Å². The molecule has 1 aromatic carbocycles. The molecule has 25 heavy (non-hydrogen) atoms. The number of carbonyl (C=O) groups excluding carboxylic acids is 1. The first kappa shape index (κ1) is 17.4. The number of pyridine rings is 1. The number of aromatic nitrogens is 1. The summed E-state index contributed by atoms with van der Waals surface area (Å²) in [6.07, 6.45) is 2.54. The second-order valence-corrected chi connectivity index (χ2v) is 6.77. The van der Waals surface area contributed by atoms with Gasteiger partial charge in [0.2, 0.25) is 0 Å². The van der Waals surface area contributed by atoms with E-state index in [4.69, 9.17) is 0 Å². The molecule has 1 aromatic heterocycles. The summed E-state index contributed by atoms with van der Waals surface area (Å²) in [7, 11) is 0. The number of nitrogens with one attached hydrogen (secondary N) is 1. The molecule has 2 amide bonds. The standard InChI is InChI=1S/C20H25N3O2/c1-14(2)19(17-9-5-6-11-21-17)22-20(25)23-12-10-15-7-3-4-8-16(15)18(23)13-24/h3-9,11,14,18-19,24H,10,12-13H2,1-2H3,(H,22,25). The molecule has 1 aliphatic rings. The number of aliphatic hydroxyl groups is 1. The zero-order valence-electron chi connectivity index (χ0n) is 14.7. The van der Waals surface area contributed by atoms with E-state index in [1.54, 1.807) is 11.1 Å². The number of amides is 2. The SMILES string of the molecule is CC(C)C(NC(=O)N1CCc2ccccc2C1CO)c1ccccn1. The molecular formula is C20H25N3O2. The van der Waals surface area contributed by atoms with Crippen molar-refractivity contribution in [1.82, 2.24) is 15.2 Å². The number of aliphatic hydroxyl groups excluding tert-OH is 1. The second kappa shape index (κ2) is 7.66. The minimum absolute atomic E-state index is 0.0830. The Kier molecular flexibility index (Phi) is 5.34. The fraction of sp³-hybridized carbons (Fsp3) is 0.400. The Morgan fingerprint density at radius 2 is 2.04 bits per heavy atom. The van der Waals surface area contributed by atoms with Crippen LogP contribution >= 0.6 is 0 Å². The molecule has 2 heterocycles. The van der Waals surface area contributed by atoms with Gasteiger partial charge in [0.1, 0.15) is 0 Å². The Labute approximate surface area is 148 Å². The summed E-state index contributed by atoms with van der Waals surface area (Å²) in [6, 6.07) is 13.1. The van der Waals surface area contributed by atoms with E-state index in [9.17, 15) is 9.90 Å². The van der Waals surface area contributed by atoms with Crippen molar-refractivity contribution >= 4 is 6.03 Å². The molecule has 0 bridgehead atoms. The number of hydrogen-bond donors (Lipinski definition) is 2. The van der Waals surface area contributed by atoms with Gasteiger partial charge in [-0.2, -0.15) is 0 Å². The molecule has 0 saturated heterocycles. The average Bonchev–Trinajstić information content (AvgIpc) is 2.65. The maximum absolute atomic E-state index is 12.9. The predicted octanol–water partition coefficient (Wildman–Crippen LogP) is 3.08. The number of carbonyl (C=O) groups is 1. The molecule has 0 fully saturated rings. The van der Waals surface area contributed by atoms with Gasteiger partial charge < -0.3 is 15.3 Å². The molecule has 2 aromatic rings. The Morgan fingerprint density at radius 3 is 2.72 bits per heavy atom. The van der Waals surface area contributed by atoms with Crippen LogP contribution in [0.1, 0.15) is 42.8 Å². The minimum Gasteiger partial charge on any atom is -0.394 e. The largest absolute Gasteiger partial charge is 0.394 e. The summed E-state index contributed by atoms with van der Waals surface area (Å²) in [5.41, 5.74) is 3.09. The topological polar surface area (TPSA) is 65.5 Å². The van der Waals surface area contributed by atoms with Crippen molar-refractivity contribution in [2.24, 2.45) is 5.92 Å². The lowest BCUT2D eigenvalue weighted by atomic mass is 9.93. The van der Waals surface area contributed by atoms with E-state index in [1.165, 1.54) is 5.56 Å². The van der Waals surface area contributed by atoms with Gasteiger partial charge in [0.15, 0.2) is 0 Å². The van der Waals surface area contributed by atoms with Crippen molar-refractivity contribution in [3.8, 4) is 0 Å². The number of rotatable bonds is 4. The third-order valence-corrected chi connectivity index (χ3v) is 4.80. The number of benzene rings is 1. The maximum Gasteiger partial charge on any atom is 0.318 e. The predicted molar refractivity (Wildman–Crippen MR) is 97.0 cm³/mol. The number of nitrogens with zero attached hydrogens (tertiary/aromatic N) is 2. The van der Waals surface area contributed by atoms with Gasteiger partial charge in [-0.25, -0.2) is 4.79 Å². The summed E-state index contributed by atoms with van der Waals surface area (Å²) in [4.78, 5) is 19.1. The van der Waals surface area contributed by atoms with E-state index in [-0.39, 0.29) is 30.6 Å².